The van der Waals surface area contributed by atoms with Crippen LogP contribution < -0.4 is 5.73 Å². The third-order valence-corrected chi connectivity index (χ3v) is 5.40. The van der Waals surface area contributed by atoms with Gasteiger partial charge in [-0.3, -0.25) is 0 Å². The standard InChI is InChI=1S/C20H32FN5/c1-3-4-9-17-24-18-16(14(2)23-19(18)20(22)25-17)8-6-5-7-11-26-12-10-15(21)13-26/h15,23H,3-13H2,1-2H3,(H2,22,24,25)/t15-/m1/s1. The van der Waals surface area contributed by atoms with Gasteiger partial charge in [0.25, 0.3) is 0 Å². The number of unbranched alkanes of at least 4 members (excludes halogenated alkanes) is 3. The van der Waals surface area contributed by atoms with Crippen molar-refractivity contribution in [3.8, 4) is 0 Å². The Morgan fingerprint density at radius 2 is 2.04 bits per heavy atom. The molecule has 1 aliphatic heterocycles. The fraction of sp³-hybridized carbons (Fsp3) is 0.700. The number of rotatable bonds is 9. The first-order chi connectivity index (χ1) is 12.6. The average Bonchev–Trinajstić information content (AvgIpc) is 3.16. The van der Waals surface area contributed by atoms with Crippen LogP contribution in [0.3, 0.4) is 0 Å². The smallest absolute Gasteiger partial charge is 0.151 e. The van der Waals surface area contributed by atoms with Crippen molar-refractivity contribution in [2.24, 2.45) is 0 Å². The van der Waals surface area contributed by atoms with Crippen LogP contribution in [-0.4, -0.2) is 45.7 Å². The zero-order valence-electron chi connectivity index (χ0n) is 16.2. The molecule has 0 unspecified atom stereocenters. The highest BCUT2D eigenvalue weighted by atomic mass is 19.1. The number of nitrogens with one attached hydrogen (secondary N) is 1. The van der Waals surface area contributed by atoms with Crippen molar-refractivity contribution in [3.63, 3.8) is 0 Å². The van der Waals surface area contributed by atoms with E-state index in [1.54, 1.807) is 0 Å². The van der Waals surface area contributed by atoms with Gasteiger partial charge in [0, 0.05) is 25.2 Å². The van der Waals surface area contributed by atoms with Gasteiger partial charge in [0.05, 0.1) is 5.52 Å². The van der Waals surface area contributed by atoms with Crippen molar-refractivity contribution in [3.05, 3.63) is 17.1 Å². The number of hydrogen-bond acceptors (Lipinski definition) is 4. The molecule has 1 saturated heterocycles. The lowest BCUT2D eigenvalue weighted by molar-refractivity contribution is 0.283. The van der Waals surface area contributed by atoms with E-state index in [1.165, 1.54) is 5.56 Å². The van der Waals surface area contributed by atoms with Crippen LogP contribution in [0.2, 0.25) is 0 Å². The monoisotopic (exact) mass is 361 g/mol. The van der Waals surface area contributed by atoms with Gasteiger partial charge in [-0.15, -0.1) is 0 Å². The minimum Gasteiger partial charge on any atom is -0.382 e. The highest BCUT2D eigenvalue weighted by molar-refractivity contribution is 5.88. The van der Waals surface area contributed by atoms with Gasteiger partial charge in [-0.2, -0.15) is 0 Å². The molecule has 26 heavy (non-hydrogen) atoms. The molecule has 0 bridgehead atoms. The second-order valence-corrected chi connectivity index (χ2v) is 7.58. The SMILES string of the molecule is CCCCc1nc(N)c2[nH]c(C)c(CCCCCN3CC[C@@H](F)C3)c2n1. The highest BCUT2D eigenvalue weighted by Crippen LogP contribution is 2.26. The minimum atomic E-state index is -0.615. The molecule has 3 N–H and O–H groups in total. The van der Waals surface area contributed by atoms with E-state index in [9.17, 15) is 4.39 Å². The molecule has 0 spiro atoms. The molecule has 0 saturated carbocycles. The third-order valence-electron chi connectivity index (χ3n) is 5.40. The number of H-pyrrole nitrogens is 1. The number of likely N-dealkylation sites (tertiary alicyclic amines) is 1. The van der Waals surface area contributed by atoms with Gasteiger partial charge in [0.15, 0.2) is 5.82 Å². The molecule has 3 heterocycles. The molecule has 1 fully saturated rings. The highest BCUT2D eigenvalue weighted by Gasteiger charge is 2.20. The first-order valence-corrected chi connectivity index (χ1v) is 10.1. The number of nitrogens with zero attached hydrogens (tertiary/aromatic N) is 3. The molecular weight excluding hydrogens is 329 g/mol. The number of aryl methyl sites for hydroxylation is 3. The number of halogens is 1. The number of nitrogen functional groups attached to an aromatic ring is 1. The van der Waals surface area contributed by atoms with Crippen LogP contribution in [0.25, 0.3) is 11.0 Å². The largest absolute Gasteiger partial charge is 0.382 e. The fourth-order valence-corrected chi connectivity index (χ4v) is 3.86. The van der Waals surface area contributed by atoms with Crippen LogP contribution in [0.1, 0.15) is 62.5 Å². The Morgan fingerprint density at radius 3 is 2.77 bits per heavy atom. The van der Waals surface area contributed by atoms with Crippen LogP contribution in [0.5, 0.6) is 0 Å². The van der Waals surface area contributed by atoms with E-state index < -0.39 is 6.17 Å². The molecule has 0 aromatic carbocycles. The predicted octanol–water partition coefficient (Wildman–Crippen LogP) is 3.95. The van der Waals surface area contributed by atoms with Gasteiger partial charge in [-0.1, -0.05) is 19.8 Å². The summed E-state index contributed by atoms with van der Waals surface area (Å²) in [5.41, 5.74) is 10.5. The molecule has 1 aliphatic rings. The van der Waals surface area contributed by atoms with Crippen LogP contribution in [-0.2, 0) is 12.8 Å². The summed E-state index contributed by atoms with van der Waals surface area (Å²) in [7, 11) is 0. The van der Waals surface area contributed by atoms with Gasteiger partial charge in [0.2, 0.25) is 0 Å². The van der Waals surface area contributed by atoms with Gasteiger partial charge < -0.3 is 15.6 Å². The van der Waals surface area contributed by atoms with Crippen LogP contribution in [0.4, 0.5) is 10.2 Å². The molecular formula is C20H32FN5. The maximum absolute atomic E-state index is 13.2. The molecule has 144 valence electrons. The number of alkyl halides is 1. The lowest BCUT2D eigenvalue weighted by atomic mass is 10.1. The summed E-state index contributed by atoms with van der Waals surface area (Å²) in [5.74, 6) is 1.41. The summed E-state index contributed by atoms with van der Waals surface area (Å²) in [5, 5.41) is 0. The quantitative estimate of drug-likeness (QED) is 0.664. The molecule has 3 rings (SSSR count). The summed E-state index contributed by atoms with van der Waals surface area (Å²) in [6.07, 6.45) is 7.59. The van der Waals surface area contributed by atoms with Gasteiger partial charge in [0.1, 0.15) is 17.5 Å². The zero-order valence-corrected chi connectivity index (χ0v) is 16.2. The van der Waals surface area contributed by atoms with E-state index in [4.69, 9.17) is 10.7 Å². The summed E-state index contributed by atoms with van der Waals surface area (Å²) in [4.78, 5) is 14.9. The van der Waals surface area contributed by atoms with Gasteiger partial charge in [-0.25, -0.2) is 14.4 Å². The Balaban J connectivity index is 1.58. The van der Waals surface area contributed by atoms with Crippen LogP contribution in [0, 0.1) is 6.92 Å². The van der Waals surface area contributed by atoms with E-state index in [1.807, 2.05) is 0 Å². The lowest BCUT2D eigenvalue weighted by Crippen LogP contribution is -2.22. The van der Waals surface area contributed by atoms with E-state index >= 15 is 0 Å². The summed E-state index contributed by atoms with van der Waals surface area (Å²) < 4.78 is 13.2. The van der Waals surface area contributed by atoms with Crippen molar-refractivity contribution in [2.75, 3.05) is 25.4 Å². The lowest BCUT2D eigenvalue weighted by Gasteiger charge is -2.13. The van der Waals surface area contributed by atoms with Crippen LogP contribution >= 0.6 is 0 Å². The fourth-order valence-electron chi connectivity index (χ4n) is 3.86. The Hall–Kier alpha value is -1.69. The van der Waals surface area contributed by atoms with Gasteiger partial charge in [-0.05, 0) is 51.1 Å². The van der Waals surface area contributed by atoms with Crippen LogP contribution in [0.15, 0.2) is 0 Å². The van der Waals surface area contributed by atoms with E-state index in [-0.39, 0.29) is 0 Å². The van der Waals surface area contributed by atoms with Crippen molar-refractivity contribution >= 4 is 16.9 Å². The zero-order chi connectivity index (χ0) is 18.5. The molecule has 6 heteroatoms. The maximum atomic E-state index is 13.2. The molecule has 1 atom stereocenters. The van der Waals surface area contributed by atoms with Crippen molar-refractivity contribution in [2.45, 2.75) is 71.4 Å². The Kier molecular flexibility index (Phi) is 6.46. The molecule has 5 nitrogen and oxygen atoms in total. The molecule has 2 aromatic rings. The number of nitrogens with two attached hydrogens (primary N) is 1. The van der Waals surface area contributed by atoms with E-state index in [0.29, 0.717) is 18.8 Å². The topological polar surface area (TPSA) is 70.8 Å². The summed E-state index contributed by atoms with van der Waals surface area (Å²) >= 11 is 0. The normalized spacial score (nSPS) is 18.2. The number of hydrogen-bond donors (Lipinski definition) is 2. The minimum absolute atomic E-state index is 0.560. The Bertz CT molecular complexity index is 727. The Morgan fingerprint density at radius 1 is 1.19 bits per heavy atom. The predicted molar refractivity (Wildman–Crippen MR) is 105 cm³/mol. The average molecular weight is 362 g/mol. The number of anilines is 1. The molecule has 0 radical (unpaired) electrons. The van der Waals surface area contributed by atoms with E-state index in [0.717, 1.165) is 80.6 Å². The summed E-state index contributed by atoms with van der Waals surface area (Å²) in [6.45, 7) is 6.82. The molecule has 2 aromatic heterocycles. The molecule has 0 amide bonds. The van der Waals surface area contributed by atoms with E-state index in [2.05, 4.69) is 28.7 Å². The van der Waals surface area contributed by atoms with Gasteiger partial charge >= 0.3 is 0 Å². The third kappa shape index (κ3) is 4.53. The first-order valence-electron chi connectivity index (χ1n) is 10.1. The number of fused-ring (bicyclic) bond motifs is 1. The number of aromatic nitrogens is 3. The second-order valence-electron chi connectivity index (χ2n) is 7.58. The number of aromatic amines is 1. The first kappa shape index (κ1) is 19.1. The van der Waals surface area contributed by atoms with Crippen molar-refractivity contribution < 1.29 is 4.39 Å². The summed E-state index contributed by atoms with van der Waals surface area (Å²) in [6, 6.07) is 0. The Labute approximate surface area is 155 Å². The maximum Gasteiger partial charge on any atom is 0.151 e. The molecule has 0 aliphatic carbocycles. The van der Waals surface area contributed by atoms with Crippen molar-refractivity contribution in [1.82, 2.24) is 19.9 Å². The van der Waals surface area contributed by atoms with Crippen molar-refractivity contribution in [1.29, 1.82) is 0 Å². The second kappa shape index (κ2) is 8.80.